The van der Waals surface area contributed by atoms with Gasteiger partial charge in [-0.15, -0.1) is 0 Å². The van der Waals surface area contributed by atoms with Gasteiger partial charge in [-0.05, 0) is 43.5 Å². The lowest BCUT2D eigenvalue weighted by Gasteiger charge is -2.42. The van der Waals surface area contributed by atoms with Gasteiger partial charge in [-0.2, -0.15) is 26.3 Å². The Morgan fingerprint density at radius 1 is 1.00 bits per heavy atom. The summed E-state index contributed by atoms with van der Waals surface area (Å²) in [7, 11) is 3.62. The van der Waals surface area contributed by atoms with Crippen LogP contribution < -0.4 is 0 Å². The lowest BCUT2D eigenvalue weighted by molar-refractivity contribution is -0.193. The van der Waals surface area contributed by atoms with Crippen LogP contribution in [-0.4, -0.2) is 109 Å². The van der Waals surface area contributed by atoms with Crippen LogP contribution in [0, 0.1) is 11.3 Å². The summed E-state index contributed by atoms with van der Waals surface area (Å²) in [6, 6.07) is 6.18. The normalized spacial score (nSPS) is 19.7. The van der Waals surface area contributed by atoms with Crippen molar-refractivity contribution in [3.63, 3.8) is 0 Å². The number of nitrogens with zero attached hydrogens (tertiary/aromatic N) is 3. The van der Waals surface area contributed by atoms with E-state index in [0.717, 1.165) is 45.9 Å². The molecule has 0 aliphatic carbocycles. The Morgan fingerprint density at radius 3 is 1.97 bits per heavy atom. The van der Waals surface area contributed by atoms with Crippen molar-refractivity contribution in [3.05, 3.63) is 30.1 Å². The van der Waals surface area contributed by atoms with Crippen LogP contribution in [0.15, 0.2) is 24.4 Å². The molecule has 15 heteroatoms. The number of aliphatic carboxylic acids is 2. The second-order valence-electron chi connectivity index (χ2n) is 8.95. The van der Waals surface area contributed by atoms with Gasteiger partial charge in [0.1, 0.15) is 0 Å². The highest BCUT2D eigenvalue weighted by Crippen LogP contribution is 2.44. The van der Waals surface area contributed by atoms with Crippen LogP contribution in [0.5, 0.6) is 0 Å². The summed E-state index contributed by atoms with van der Waals surface area (Å²) in [5, 5.41) is 14.2. The Kier molecular flexibility index (Phi) is 13.4. The zero-order valence-corrected chi connectivity index (χ0v) is 21.1. The summed E-state index contributed by atoms with van der Waals surface area (Å²) in [6.07, 6.45) is -5.76. The number of rotatable bonds is 7. The topological polar surface area (TPSA) is 112 Å². The number of likely N-dealkylation sites (tertiary alicyclic amines) is 2. The number of carboxylic acids is 2. The summed E-state index contributed by atoms with van der Waals surface area (Å²) < 4.78 is 74.3. The summed E-state index contributed by atoms with van der Waals surface area (Å²) >= 11 is 0. The van der Waals surface area contributed by atoms with Gasteiger partial charge in [0.2, 0.25) is 0 Å². The third-order valence-corrected chi connectivity index (χ3v) is 6.31. The number of halogens is 6. The molecule has 0 aromatic carbocycles. The average Bonchev–Trinajstić information content (AvgIpc) is 3.16. The number of carboxylic acid groups (broad SMARTS) is 2. The smallest absolute Gasteiger partial charge is 0.475 e. The summed E-state index contributed by atoms with van der Waals surface area (Å²) in [5.41, 5.74) is 1.60. The van der Waals surface area contributed by atoms with Crippen molar-refractivity contribution in [1.82, 2.24) is 14.8 Å². The van der Waals surface area contributed by atoms with Crippen LogP contribution in [0.2, 0.25) is 0 Å². The fourth-order valence-electron chi connectivity index (χ4n) is 4.41. The van der Waals surface area contributed by atoms with Crippen molar-refractivity contribution >= 4 is 11.9 Å². The lowest BCUT2D eigenvalue weighted by Crippen LogP contribution is -2.45. The zero-order valence-electron chi connectivity index (χ0n) is 21.1. The molecular weight excluding hydrogens is 528 g/mol. The van der Waals surface area contributed by atoms with E-state index in [2.05, 4.69) is 26.9 Å². The average molecular weight is 562 g/mol. The highest BCUT2D eigenvalue weighted by molar-refractivity contribution is 5.73. The quantitative estimate of drug-likeness (QED) is 0.485. The molecule has 2 N–H and O–H groups in total. The van der Waals surface area contributed by atoms with Crippen LogP contribution in [-0.2, 0) is 25.6 Å². The Labute approximate surface area is 216 Å². The molecule has 1 unspecified atom stereocenters. The van der Waals surface area contributed by atoms with Crippen molar-refractivity contribution in [2.45, 2.75) is 31.7 Å². The molecular formula is C23H33F6N3O6. The van der Waals surface area contributed by atoms with Crippen LogP contribution >= 0.6 is 0 Å². The van der Waals surface area contributed by atoms with Gasteiger partial charge < -0.3 is 24.6 Å². The van der Waals surface area contributed by atoms with Gasteiger partial charge in [-0.1, -0.05) is 6.07 Å². The van der Waals surface area contributed by atoms with Gasteiger partial charge >= 0.3 is 24.3 Å². The van der Waals surface area contributed by atoms with Crippen LogP contribution in [0.25, 0.3) is 0 Å². The minimum atomic E-state index is -5.08. The maximum atomic E-state index is 10.6. The molecule has 1 aromatic heterocycles. The Morgan fingerprint density at radius 2 is 1.55 bits per heavy atom. The summed E-state index contributed by atoms with van der Waals surface area (Å²) in [6.45, 7) is 8.38. The molecule has 1 spiro atoms. The first kappa shape index (κ1) is 33.5. The molecule has 3 rings (SSSR count). The molecule has 0 radical (unpaired) electrons. The Hall–Kier alpha value is -2.49. The van der Waals surface area contributed by atoms with Crippen molar-refractivity contribution in [2.75, 3.05) is 60.2 Å². The third-order valence-electron chi connectivity index (χ3n) is 6.31. The van der Waals surface area contributed by atoms with E-state index in [1.165, 1.54) is 25.1 Å². The molecule has 0 saturated carbocycles. The van der Waals surface area contributed by atoms with Crippen molar-refractivity contribution in [2.24, 2.45) is 11.3 Å². The zero-order chi connectivity index (χ0) is 29.0. The molecule has 0 bridgehead atoms. The second kappa shape index (κ2) is 15.2. The number of hydrogen-bond acceptors (Lipinski definition) is 7. The first-order chi connectivity index (χ1) is 17.6. The second-order valence-corrected chi connectivity index (χ2v) is 8.95. The molecule has 38 heavy (non-hydrogen) atoms. The van der Waals surface area contributed by atoms with Crippen molar-refractivity contribution < 1.29 is 55.6 Å². The molecule has 1 aromatic rings. The standard InChI is InChI=1S/C19H31N3O2.2C2HF3O2/c1-23-12-11-22-13-17(15-24-2)19(16-22)6-9-21(10-7-19)14-18-5-3-4-8-20-18;2*3-2(4,5)1(6)7/h3-5,8,17H,6-7,9-16H2,1-2H3;2*(H,6,7). The summed E-state index contributed by atoms with van der Waals surface area (Å²) in [5.74, 6) is -4.86. The van der Waals surface area contributed by atoms with E-state index in [-0.39, 0.29) is 0 Å². The summed E-state index contributed by atoms with van der Waals surface area (Å²) in [4.78, 5) is 27.4. The molecule has 3 heterocycles. The van der Waals surface area contributed by atoms with E-state index >= 15 is 0 Å². The lowest BCUT2D eigenvalue weighted by atomic mass is 9.71. The van der Waals surface area contributed by atoms with Crippen molar-refractivity contribution in [1.29, 1.82) is 0 Å². The Balaban J connectivity index is 0.000000426. The van der Waals surface area contributed by atoms with Crippen LogP contribution in [0.4, 0.5) is 26.3 Å². The van der Waals surface area contributed by atoms with Crippen LogP contribution in [0.1, 0.15) is 18.5 Å². The fourth-order valence-corrected chi connectivity index (χ4v) is 4.41. The fraction of sp³-hybridized carbons (Fsp3) is 0.696. The number of alkyl halides is 6. The molecule has 2 saturated heterocycles. The largest absolute Gasteiger partial charge is 0.490 e. The molecule has 2 aliphatic heterocycles. The number of methoxy groups -OCH3 is 2. The third kappa shape index (κ3) is 11.5. The first-order valence-corrected chi connectivity index (χ1v) is 11.6. The molecule has 1 atom stereocenters. The van der Waals surface area contributed by atoms with E-state index in [4.69, 9.17) is 29.3 Å². The minimum absolute atomic E-state index is 0.421. The highest BCUT2D eigenvalue weighted by atomic mass is 19.4. The maximum absolute atomic E-state index is 10.6. The van der Waals surface area contributed by atoms with E-state index in [0.29, 0.717) is 11.3 Å². The highest BCUT2D eigenvalue weighted by Gasteiger charge is 2.47. The van der Waals surface area contributed by atoms with Gasteiger partial charge in [0, 0.05) is 52.5 Å². The van der Waals surface area contributed by atoms with Gasteiger partial charge in [-0.3, -0.25) is 9.88 Å². The monoisotopic (exact) mass is 561 g/mol. The molecule has 0 amide bonds. The molecule has 9 nitrogen and oxygen atoms in total. The number of aromatic nitrogens is 1. The first-order valence-electron chi connectivity index (χ1n) is 11.6. The van der Waals surface area contributed by atoms with Gasteiger partial charge in [0.25, 0.3) is 0 Å². The maximum Gasteiger partial charge on any atom is 0.490 e. The van der Waals surface area contributed by atoms with E-state index in [1.54, 1.807) is 7.11 Å². The van der Waals surface area contributed by atoms with E-state index in [1.807, 2.05) is 19.4 Å². The predicted octanol–water partition coefficient (Wildman–Crippen LogP) is 3.16. The Bertz CT molecular complexity index is 824. The molecule has 218 valence electrons. The number of piperidine rings is 1. The van der Waals surface area contributed by atoms with Gasteiger partial charge in [0.15, 0.2) is 0 Å². The molecule has 2 fully saturated rings. The number of hydrogen-bond donors (Lipinski definition) is 2. The number of ether oxygens (including phenoxy) is 2. The minimum Gasteiger partial charge on any atom is -0.475 e. The van der Waals surface area contributed by atoms with Gasteiger partial charge in [0.05, 0.1) is 18.9 Å². The number of pyridine rings is 1. The number of carbonyl (C=O) groups is 2. The van der Waals surface area contributed by atoms with Gasteiger partial charge in [-0.25, -0.2) is 9.59 Å². The van der Waals surface area contributed by atoms with E-state index in [9.17, 15) is 26.3 Å². The SMILES string of the molecule is COCCN1CC(COC)C2(CCN(Cc3ccccn3)CC2)C1.O=C(O)C(F)(F)F.O=C(O)C(F)(F)F. The molecule has 2 aliphatic rings. The van der Waals surface area contributed by atoms with Crippen molar-refractivity contribution in [3.8, 4) is 0 Å². The van der Waals surface area contributed by atoms with E-state index < -0.39 is 24.3 Å². The van der Waals surface area contributed by atoms with Crippen LogP contribution in [0.3, 0.4) is 0 Å². The predicted molar refractivity (Wildman–Crippen MR) is 122 cm³/mol.